The van der Waals surface area contributed by atoms with E-state index in [9.17, 15) is 18.0 Å². The van der Waals surface area contributed by atoms with Gasteiger partial charge in [0.05, 0.1) is 10.5 Å². The minimum Gasteiger partial charge on any atom is -0.355 e. The molecule has 0 unspecified atom stereocenters. The van der Waals surface area contributed by atoms with Crippen molar-refractivity contribution in [3.63, 3.8) is 0 Å². The zero-order chi connectivity index (χ0) is 22.9. The number of rotatable bonds is 5. The number of aryl methyl sites for hydroxylation is 1. The van der Waals surface area contributed by atoms with Crippen molar-refractivity contribution in [3.8, 4) is 0 Å². The van der Waals surface area contributed by atoms with Crippen LogP contribution in [0.25, 0.3) is 0 Å². The second-order valence-electron chi connectivity index (χ2n) is 8.56. The van der Waals surface area contributed by atoms with Gasteiger partial charge in [0.25, 0.3) is 11.8 Å². The Kier molecular flexibility index (Phi) is 6.69. The van der Waals surface area contributed by atoms with E-state index in [0.717, 1.165) is 49.0 Å². The van der Waals surface area contributed by atoms with Crippen molar-refractivity contribution in [2.75, 3.05) is 25.5 Å². The van der Waals surface area contributed by atoms with E-state index < -0.39 is 10.0 Å². The van der Waals surface area contributed by atoms with Crippen molar-refractivity contribution in [2.24, 2.45) is 5.92 Å². The second kappa shape index (κ2) is 9.33. The summed E-state index contributed by atoms with van der Waals surface area (Å²) in [6, 6.07) is 6.03. The van der Waals surface area contributed by atoms with Gasteiger partial charge in [0.1, 0.15) is 5.00 Å². The molecule has 1 aliphatic carbocycles. The minimum absolute atomic E-state index is 0.196. The minimum atomic E-state index is -3.56. The molecule has 1 aromatic carbocycles. The van der Waals surface area contributed by atoms with Gasteiger partial charge in [-0.15, -0.1) is 11.3 Å². The monoisotopic (exact) mass is 475 g/mol. The van der Waals surface area contributed by atoms with Crippen LogP contribution in [0, 0.1) is 5.92 Å². The fraction of sp³-hybridized carbons (Fsp3) is 0.478. The maximum atomic E-state index is 12.9. The average molecular weight is 476 g/mol. The number of hydrogen-bond acceptors (Lipinski definition) is 5. The smallest absolute Gasteiger partial charge is 0.256 e. The van der Waals surface area contributed by atoms with E-state index in [0.29, 0.717) is 35.1 Å². The highest BCUT2D eigenvalue weighted by atomic mass is 32.2. The molecule has 0 spiro atoms. The van der Waals surface area contributed by atoms with Crippen molar-refractivity contribution >= 4 is 38.2 Å². The van der Waals surface area contributed by atoms with Crippen LogP contribution in [0.4, 0.5) is 5.00 Å². The second-order valence-corrected chi connectivity index (χ2v) is 11.6. The molecule has 9 heteroatoms. The normalized spacial score (nSPS) is 17.6. The molecule has 32 heavy (non-hydrogen) atoms. The largest absolute Gasteiger partial charge is 0.355 e. The summed E-state index contributed by atoms with van der Waals surface area (Å²) in [7, 11) is -1.97. The number of benzene rings is 1. The molecule has 2 aliphatic rings. The van der Waals surface area contributed by atoms with Crippen LogP contribution in [-0.4, -0.2) is 44.7 Å². The molecule has 1 aromatic heterocycles. The van der Waals surface area contributed by atoms with Crippen LogP contribution in [0.5, 0.6) is 0 Å². The van der Waals surface area contributed by atoms with E-state index in [1.807, 2.05) is 0 Å². The number of thiophene rings is 1. The molecular weight excluding hydrogens is 446 g/mol. The summed E-state index contributed by atoms with van der Waals surface area (Å²) in [5.74, 6) is -0.0170. The van der Waals surface area contributed by atoms with Crippen LogP contribution in [0.3, 0.4) is 0 Å². The van der Waals surface area contributed by atoms with Crippen LogP contribution in [0.1, 0.15) is 63.8 Å². The maximum Gasteiger partial charge on any atom is 0.256 e. The maximum absolute atomic E-state index is 12.9. The molecule has 0 saturated carbocycles. The molecule has 2 N–H and O–H groups in total. The molecule has 172 valence electrons. The van der Waals surface area contributed by atoms with Crippen LogP contribution in [0.15, 0.2) is 29.2 Å². The van der Waals surface area contributed by atoms with Crippen LogP contribution >= 0.6 is 11.3 Å². The van der Waals surface area contributed by atoms with Crippen LogP contribution in [-0.2, 0) is 22.9 Å². The van der Waals surface area contributed by atoms with Gasteiger partial charge in [0, 0.05) is 30.6 Å². The summed E-state index contributed by atoms with van der Waals surface area (Å²) in [6.07, 6.45) is 5.59. The van der Waals surface area contributed by atoms with E-state index in [2.05, 4.69) is 17.6 Å². The quantitative estimate of drug-likeness (QED) is 0.690. The van der Waals surface area contributed by atoms with Gasteiger partial charge in [-0.05, 0) is 74.3 Å². The number of anilines is 1. The Morgan fingerprint density at radius 3 is 2.34 bits per heavy atom. The summed E-state index contributed by atoms with van der Waals surface area (Å²) >= 11 is 1.46. The Morgan fingerprint density at radius 1 is 1.03 bits per heavy atom. The third-order valence-electron chi connectivity index (χ3n) is 6.35. The number of carbonyl (C=O) groups excluding carboxylic acids is 2. The molecule has 0 radical (unpaired) electrons. The van der Waals surface area contributed by atoms with Crippen molar-refractivity contribution in [1.82, 2.24) is 9.62 Å². The number of nitrogens with zero attached hydrogens (tertiary/aromatic N) is 1. The topological polar surface area (TPSA) is 95.6 Å². The molecule has 1 aliphatic heterocycles. The van der Waals surface area contributed by atoms with Gasteiger partial charge in [-0.2, -0.15) is 4.31 Å². The Labute approximate surface area is 193 Å². The van der Waals surface area contributed by atoms with Gasteiger partial charge >= 0.3 is 0 Å². The lowest BCUT2D eigenvalue weighted by atomic mass is 9.95. The predicted molar refractivity (Wildman–Crippen MR) is 126 cm³/mol. The lowest BCUT2D eigenvalue weighted by Crippen LogP contribution is -2.37. The number of nitrogens with one attached hydrogen (secondary N) is 2. The number of amides is 2. The van der Waals surface area contributed by atoms with Gasteiger partial charge in [-0.3, -0.25) is 9.59 Å². The van der Waals surface area contributed by atoms with Crippen molar-refractivity contribution in [1.29, 1.82) is 0 Å². The highest BCUT2D eigenvalue weighted by molar-refractivity contribution is 7.89. The fourth-order valence-corrected chi connectivity index (χ4v) is 7.10. The number of fused-ring (bicyclic) bond motifs is 1. The van der Waals surface area contributed by atoms with Gasteiger partial charge in [0.15, 0.2) is 0 Å². The average Bonchev–Trinajstić information content (AvgIpc) is 3.16. The summed E-state index contributed by atoms with van der Waals surface area (Å²) in [4.78, 5) is 26.7. The van der Waals surface area contributed by atoms with Crippen LogP contribution < -0.4 is 10.6 Å². The number of hydrogen-bond donors (Lipinski definition) is 2. The molecule has 2 amide bonds. The zero-order valence-corrected chi connectivity index (χ0v) is 20.1. The van der Waals surface area contributed by atoms with Crippen molar-refractivity contribution < 1.29 is 18.0 Å². The Balaban J connectivity index is 1.53. The summed E-state index contributed by atoms with van der Waals surface area (Å²) in [6.45, 7) is 3.19. The Bertz CT molecular complexity index is 1110. The zero-order valence-electron chi connectivity index (χ0n) is 18.4. The lowest BCUT2D eigenvalue weighted by molar-refractivity contribution is 0.0963. The first-order valence-electron chi connectivity index (χ1n) is 11.1. The van der Waals surface area contributed by atoms with E-state index >= 15 is 0 Å². The molecule has 2 heterocycles. The third kappa shape index (κ3) is 4.46. The Hall–Kier alpha value is -2.23. The lowest BCUT2D eigenvalue weighted by Gasteiger charge is -2.29. The van der Waals surface area contributed by atoms with E-state index in [1.54, 1.807) is 7.05 Å². The van der Waals surface area contributed by atoms with Gasteiger partial charge in [0.2, 0.25) is 10.0 Å². The Morgan fingerprint density at radius 2 is 1.69 bits per heavy atom. The fourth-order valence-electron chi connectivity index (χ4n) is 4.35. The molecule has 0 bridgehead atoms. The SMILES string of the molecule is CNC(=O)c1c(NC(=O)c2ccc(S(=O)(=O)N3CCC(C)CC3)cc2)sc2c1CCCC2. The van der Waals surface area contributed by atoms with Gasteiger partial charge in [-0.25, -0.2) is 8.42 Å². The molecule has 0 atom stereocenters. The first-order chi connectivity index (χ1) is 15.3. The summed E-state index contributed by atoms with van der Waals surface area (Å²) in [5, 5.41) is 6.11. The summed E-state index contributed by atoms with van der Waals surface area (Å²) < 4.78 is 27.3. The standard InChI is InChI=1S/C23H29N3O4S2/c1-15-11-13-26(14-12-15)32(29,30)17-9-7-16(8-10-17)21(27)25-23-20(22(28)24-2)18-5-3-4-6-19(18)31-23/h7-10,15H,3-6,11-14H2,1-2H3,(H,24,28)(H,25,27). The molecule has 7 nitrogen and oxygen atoms in total. The first kappa shape index (κ1) is 22.9. The third-order valence-corrected chi connectivity index (χ3v) is 9.47. The van der Waals surface area contributed by atoms with E-state index in [1.165, 1.54) is 39.9 Å². The molecule has 4 rings (SSSR count). The number of carbonyl (C=O) groups is 2. The van der Waals surface area contributed by atoms with Gasteiger partial charge in [-0.1, -0.05) is 6.92 Å². The number of sulfonamides is 1. The van der Waals surface area contributed by atoms with Gasteiger partial charge < -0.3 is 10.6 Å². The molecule has 2 aromatic rings. The van der Waals surface area contributed by atoms with Crippen molar-refractivity contribution in [2.45, 2.75) is 50.3 Å². The molecule has 1 saturated heterocycles. The molecule has 1 fully saturated rings. The highest BCUT2D eigenvalue weighted by Crippen LogP contribution is 2.38. The summed E-state index contributed by atoms with van der Waals surface area (Å²) in [5.41, 5.74) is 1.94. The van der Waals surface area contributed by atoms with E-state index in [-0.39, 0.29) is 16.7 Å². The molecular formula is C23H29N3O4S2. The first-order valence-corrected chi connectivity index (χ1v) is 13.3. The highest BCUT2D eigenvalue weighted by Gasteiger charge is 2.29. The van der Waals surface area contributed by atoms with E-state index in [4.69, 9.17) is 0 Å². The van der Waals surface area contributed by atoms with Crippen molar-refractivity contribution in [3.05, 3.63) is 45.8 Å². The predicted octanol–water partition coefficient (Wildman–Crippen LogP) is 3.66. The van der Waals surface area contributed by atoms with Crippen LogP contribution in [0.2, 0.25) is 0 Å². The number of piperidine rings is 1.